The molecule has 1 aromatic heterocycles. The first-order valence-corrected chi connectivity index (χ1v) is 13.2. The van der Waals surface area contributed by atoms with Gasteiger partial charge in [-0.05, 0) is 23.8 Å². The van der Waals surface area contributed by atoms with Gasteiger partial charge in [-0.1, -0.05) is 66.4 Å². The number of rotatable bonds is 5. The summed E-state index contributed by atoms with van der Waals surface area (Å²) in [5, 5.41) is 13.2. The molecule has 3 heterocycles. The van der Waals surface area contributed by atoms with Gasteiger partial charge in [0.1, 0.15) is 34.8 Å². The lowest BCUT2D eigenvalue weighted by Crippen LogP contribution is -2.49. The molecule has 8 nitrogen and oxygen atoms in total. The van der Waals surface area contributed by atoms with Crippen LogP contribution in [-0.4, -0.2) is 15.9 Å². The maximum Gasteiger partial charge on any atom is 0.258 e. The monoisotopic (exact) mass is 554 g/mol. The van der Waals surface area contributed by atoms with E-state index < -0.39 is 22.7 Å². The molecule has 4 N–H and O–H groups in total. The Morgan fingerprint density at radius 1 is 0.975 bits per heavy atom. The number of carbonyl (C=O) groups excluding carboxylic acids is 1. The maximum absolute atomic E-state index is 14.6. The maximum atomic E-state index is 14.6. The molecule has 0 saturated carbocycles. The van der Waals surface area contributed by atoms with Crippen molar-refractivity contribution in [3.63, 3.8) is 0 Å². The highest BCUT2D eigenvalue weighted by Crippen LogP contribution is 2.53. The van der Waals surface area contributed by atoms with E-state index in [1.165, 1.54) is 17.0 Å². The summed E-state index contributed by atoms with van der Waals surface area (Å²) in [7, 11) is 0. The average Bonchev–Trinajstić information content (AvgIpc) is 3.17. The molecule has 40 heavy (non-hydrogen) atoms. The van der Waals surface area contributed by atoms with Gasteiger partial charge in [-0.2, -0.15) is 5.26 Å². The summed E-state index contributed by atoms with van der Waals surface area (Å²) in [6.07, 6.45) is 0. The molecule has 11 heteroatoms. The molecule has 1 atom stereocenters. The molecule has 0 saturated heterocycles. The number of aromatic nitrogens is 2. The van der Waals surface area contributed by atoms with Crippen LogP contribution in [-0.2, 0) is 22.5 Å². The lowest BCUT2D eigenvalue weighted by Gasteiger charge is -2.34. The predicted molar refractivity (Wildman–Crippen MR) is 146 cm³/mol. The molecule has 198 valence electrons. The highest BCUT2D eigenvalue weighted by molar-refractivity contribution is 7.98. The van der Waals surface area contributed by atoms with Crippen molar-refractivity contribution in [1.29, 1.82) is 5.26 Å². The van der Waals surface area contributed by atoms with Crippen molar-refractivity contribution in [3.8, 4) is 6.07 Å². The number of fused-ring (bicyclic) bond motifs is 4. The van der Waals surface area contributed by atoms with Crippen molar-refractivity contribution in [2.75, 3.05) is 10.2 Å². The van der Waals surface area contributed by atoms with Crippen LogP contribution in [0.5, 0.6) is 0 Å². The van der Waals surface area contributed by atoms with Crippen LogP contribution in [0.15, 0.2) is 94.1 Å². The van der Waals surface area contributed by atoms with E-state index in [0.29, 0.717) is 16.8 Å². The fourth-order valence-electron chi connectivity index (χ4n) is 5.27. The quantitative estimate of drug-likeness (QED) is 0.248. The molecular formula is C29H20F2N6O2S. The number of nitriles is 1. The molecular weight excluding hydrogens is 534 g/mol. The zero-order valence-electron chi connectivity index (χ0n) is 20.7. The molecule has 0 radical (unpaired) electrons. The summed E-state index contributed by atoms with van der Waals surface area (Å²) in [6, 6.07) is 21.1. The number of hydrogen-bond donors (Lipinski definition) is 3. The Morgan fingerprint density at radius 3 is 2.33 bits per heavy atom. The van der Waals surface area contributed by atoms with Gasteiger partial charge in [0.15, 0.2) is 5.16 Å². The number of nitrogens with two attached hydrogens (primary N) is 1. The second-order valence-corrected chi connectivity index (χ2v) is 10.2. The standard InChI is InChI=1S/C29H20F2N6O2S/c30-20-10-4-1-7-16(20)14-37-22-12-6-3-9-18(22)29(27(37)39)19(13-32)24(33)34-25-23(29)26(38)36-28(35-25)40-15-17-8-2-5-11-21(17)31/h1-12H,14-15,33H2,(H2,34,35,36,38)/t29-/m0/s1. The Hall–Kier alpha value is -4.95. The van der Waals surface area contributed by atoms with Crippen LogP contribution in [0.4, 0.5) is 20.3 Å². The van der Waals surface area contributed by atoms with Gasteiger partial charge < -0.3 is 20.9 Å². The fraction of sp³-hybridized carbons (Fsp3) is 0.103. The van der Waals surface area contributed by atoms with Gasteiger partial charge in [0, 0.05) is 22.6 Å². The number of carbonyl (C=O) groups is 1. The van der Waals surface area contributed by atoms with Gasteiger partial charge in [-0.3, -0.25) is 9.59 Å². The summed E-state index contributed by atoms with van der Waals surface area (Å²) in [5.74, 6) is -1.45. The summed E-state index contributed by atoms with van der Waals surface area (Å²) in [6.45, 7) is -0.131. The number of aromatic amines is 1. The molecule has 2 aliphatic rings. The van der Waals surface area contributed by atoms with E-state index in [2.05, 4.69) is 15.3 Å². The van der Waals surface area contributed by atoms with Crippen LogP contribution >= 0.6 is 11.8 Å². The number of H-pyrrole nitrogens is 1. The molecule has 0 fully saturated rings. The molecule has 4 aromatic rings. The third-order valence-corrected chi connectivity index (χ3v) is 7.98. The highest BCUT2D eigenvalue weighted by Gasteiger charge is 2.60. The Kier molecular flexibility index (Phi) is 6.12. The molecule has 1 spiro atoms. The first-order chi connectivity index (χ1) is 19.4. The predicted octanol–water partition coefficient (Wildman–Crippen LogP) is 4.29. The van der Waals surface area contributed by atoms with Gasteiger partial charge in [0.05, 0.1) is 17.7 Å². The lowest BCUT2D eigenvalue weighted by atomic mass is 9.69. The number of halogens is 2. The normalized spacial score (nSPS) is 17.4. The third-order valence-electron chi connectivity index (χ3n) is 7.06. The van der Waals surface area contributed by atoms with Crippen molar-refractivity contribution < 1.29 is 13.6 Å². The van der Waals surface area contributed by atoms with Gasteiger partial charge in [-0.25, -0.2) is 13.8 Å². The number of nitrogens with one attached hydrogen (secondary N) is 2. The smallest absolute Gasteiger partial charge is 0.258 e. The highest BCUT2D eigenvalue weighted by atomic mass is 32.2. The first kappa shape index (κ1) is 25.3. The van der Waals surface area contributed by atoms with E-state index >= 15 is 0 Å². The number of anilines is 2. The number of thioether (sulfide) groups is 1. The molecule has 0 aliphatic carbocycles. The number of amides is 1. The van der Waals surface area contributed by atoms with Crippen molar-refractivity contribution >= 4 is 29.2 Å². The Balaban J connectivity index is 1.50. The van der Waals surface area contributed by atoms with E-state index in [1.54, 1.807) is 60.7 Å². The number of hydrogen-bond acceptors (Lipinski definition) is 7. The lowest BCUT2D eigenvalue weighted by molar-refractivity contribution is -0.120. The van der Waals surface area contributed by atoms with Crippen LogP contribution in [0.1, 0.15) is 22.3 Å². The van der Waals surface area contributed by atoms with Crippen molar-refractivity contribution in [2.24, 2.45) is 5.73 Å². The number of nitrogens with zero attached hydrogens (tertiary/aromatic N) is 3. The SMILES string of the molecule is N#CC1=C(N)Nc2nc(SCc3ccccc3F)[nH]c(=O)c2[C@@]12C(=O)N(Cc1ccccc1F)c1ccccc12. The minimum absolute atomic E-state index is 0.00665. The fourth-order valence-corrected chi connectivity index (χ4v) is 6.12. The van der Waals surface area contributed by atoms with Crippen LogP contribution in [0, 0.1) is 23.0 Å². The zero-order valence-corrected chi connectivity index (χ0v) is 21.6. The van der Waals surface area contributed by atoms with Gasteiger partial charge in [0.25, 0.3) is 5.56 Å². The molecule has 1 amide bonds. The van der Waals surface area contributed by atoms with Crippen molar-refractivity contribution in [1.82, 2.24) is 9.97 Å². The molecule has 0 bridgehead atoms. The van der Waals surface area contributed by atoms with E-state index in [-0.39, 0.29) is 51.6 Å². The van der Waals surface area contributed by atoms with Crippen LogP contribution in [0.2, 0.25) is 0 Å². The minimum Gasteiger partial charge on any atom is -0.384 e. The topological polar surface area (TPSA) is 128 Å². The van der Waals surface area contributed by atoms with Crippen molar-refractivity contribution in [2.45, 2.75) is 22.9 Å². The molecule has 2 aliphatic heterocycles. The average molecular weight is 555 g/mol. The summed E-state index contributed by atoms with van der Waals surface area (Å²) in [4.78, 5) is 36.7. The molecule has 3 aromatic carbocycles. The third kappa shape index (κ3) is 3.76. The molecule has 6 rings (SSSR count). The Morgan fingerprint density at radius 2 is 1.62 bits per heavy atom. The second-order valence-electron chi connectivity index (χ2n) is 9.25. The Labute approximate surface area is 231 Å². The minimum atomic E-state index is -1.91. The van der Waals surface area contributed by atoms with E-state index in [1.807, 2.05) is 6.07 Å². The number of para-hydroxylation sites is 1. The van der Waals surface area contributed by atoms with Crippen LogP contribution < -0.4 is 21.5 Å². The second kappa shape index (κ2) is 9.66. The van der Waals surface area contributed by atoms with Gasteiger partial charge in [0.2, 0.25) is 5.91 Å². The first-order valence-electron chi connectivity index (χ1n) is 12.2. The van der Waals surface area contributed by atoms with Crippen LogP contribution in [0.3, 0.4) is 0 Å². The summed E-state index contributed by atoms with van der Waals surface area (Å²) >= 11 is 1.10. The van der Waals surface area contributed by atoms with E-state index in [4.69, 9.17) is 5.73 Å². The zero-order chi connectivity index (χ0) is 28.0. The Bertz CT molecular complexity index is 1830. The van der Waals surface area contributed by atoms with E-state index in [0.717, 1.165) is 11.8 Å². The van der Waals surface area contributed by atoms with Crippen LogP contribution in [0.25, 0.3) is 0 Å². The van der Waals surface area contributed by atoms with Gasteiger partial charge in [-0.15, -0.1) is 0 Å². The van der Waals surface area contributed by atoms with Crippen molar-refractivity contribution in [3.05, 3.63) is 128 Å². The molecule has 0 unspecified atom stereocenters. The van der Waals surface area contributed by atoms with Gasteiger partial charge >= 0.3 is 0 Å². The summed E-state index contributed by atoms with van der Waals surface area (Å²) in [5.41, 5.74) is 4.93. The summed E-state index contributed by atoms with van der Waals surface area (Å²) < 4.78 is 28.8. The largest absolute Gasteiger partial charge is 0.384 e. The van der Waals surface area contributed by atoms with E-state index in [9.17, 15) is 23.6 Å². The number of benzene rings is 3.